The molecule has 0 radical (unpaired) electrons. The van der Waals surface area contributed by atoms with Crippen LogP contribution < -0.4 is 4.74 Å². The number of rotatable bonds is 5. The first kappa shape index (κ1) is 19.8. The first-order valence-electron chi connectivity index (χ1n) is 8.61. The number of pyridine rings is 1. The van der Waals surface area contributed by atoms with E-state index in [-0.39, 0.29) is 50.9 Å². The summed E-state index contributed by atoms with van der Waals surface area (Å²) in [6.45, 7) is 0. The van der Waals surface area contributed by atoms with Crippen LogP contribution in [-0.4, -0.2) is 15.2 Å². The molecule has 0 amide bonds. The first-order valence-corrected chi connectivity index (χ1v) is 9.37. The van der Waals surface area contributed by atoms with E-state index < -0.39 is 5.82 Å². The smallest absolute Gasteiger partial charge is 0.249 e. The van der Waals surface area contributed by atoms with Crippen LogP contribution in [0, 0.1) is 17.1 Å². The van der Waals surface area contributed by atoms with Crippen LogP contribution in [0.15, 0.2) is 59.3 Å². The lowest BCUT2D eigenvalue weighted by Gasteiger charge is -2.11. The predicted molar refractivity (Wildman–Crippen MR) is 108 cm³/mol. The zero-order chi connectivity index (χ0) is 21.1. The molecule has 30 heavy (non-hydrogen) atoms. The number of aromatic nitrogens is 3. The summed E-state index contributed by atoms with van der Waals surface area (Å²) >= 11 is 12.1. The van der Waals surface area contributed by atoms with Crippen molar-refractivity contribution in [3.05, 3.63) is 87.7 Å². The molecule has 0 aliphatic rings. The van der Waals surface area contributed by atoms with Gasteiger partial charge in [0, 0.05) is 23.0 Å². The van der Waals surface area contributed by atoms with Gasteiger partial charge in [0.05, 0.1) is 28.6 Å². The molecule has 4 rings (SSSR count). The fourth-order valence-corrected chi connectivity index (χ4v) is 3.11. The largest absolute Gasteiger partial charge is 0.453 e. The standard InChI is InChI=1S/C21H11Cl2FN4O2/c22-15-6-12(10-25)7-16(9-15)29-20-17(23)4-3-13(19(20)24)8-18-27-28-21(30-18)14-2-1-5-26-11-14/h1-7,9,11H,8H2. The Morgan fingerprint density at radius 2 is 2.00 bits per heavy atom. The van der Waals surface area contributed by atoms with Crippen LogP contribution >= 0.6 is 23.2 Å². The summed E-state index contributed by atoms with van der Waals surface area (Å²) in [5.41, 5.74) is 1.18. The molecule has 0 aliphatic carbocycles. The zero-order valence-corrected chi connectivity index (χ0v) is 16.7. The second-order valence-corrected chi connectivity index (χ2v) is 7.00. The summed E-state index contributed by atoms with van der Waals surface area (Å²) < 4.78 is 26.3. The molecule has 0 fully saturated rings. The van der Waals surface area contributed by atoms with E-state index in [2.05, 4.69) is 15.2 Å². The van der Waals surface area contributed by atoms with Gasteiger partial charge in [0.15, 0.2) is 11.6 Å². The molecule has 0 aliphatic heterocycles. The van der Waals surface area contributed by atoms with E-state index in [9.17, 15) is 0 Å². The molecule has 9 heteroatoms. The number of benzene rings is 2. The highest BCUT2D eigenvalue weighted by molar-refractivity contribution is 6.32. The zero-order valence-electron chi connectivity index (χ0n) is 15.1. The van der Waals surface area contributed by atoms with Crippen molar-refractivity contribution in [1.82, 2.24) is 15.2 Å². The van der Waals surface area contributed by atoms with Crippen LogP contribution in [0.1, 0.15) is 17.0 Å². The minimum absolute atomic E-state index is 0.0333. The van der Waals surface area contributed by atoms with E-state index in [1.165, 1.54) is 30.3 Å². The summed E-state index contributed by atoms with van der Waals surface area (Å²) in [6.07, 6.45) is 3.25. The Kier molecular flexibility index (Phi) is 5.61. The van der Waals surface area contributed by atoms with Crippen LogP contribution in [-0.2, 0) is 6.42 Å². The summed E-state index contributed by atoms with van der Waals surface area (Å²) in [6, 6.07) is 12.9. The second kappa shape index (κ2) is 8.49. The normalized spacial score (nSPS) is 10.6. The highest BCUT2D eigenvalue weighted by atomic mass is 35.5. The Labute approximate surface area is 180 Å². The fraction of sp³-hybridized carbons (Fsp3) is 0.0476. The van der Waals surface area contributed by atoms with Crippen molar-refractivity contribution in [3.8, 4) is 29.0 Å². The highest BCUT2D eigenvalue weighted by Gasteiger charge is 2.18. The molecule has 148 valence electrons. The fourth-order valence-electron chi connectivity index (χ4n) is 2.70. The molecule has 4 aromatic rings. The maximum absolute atomic E-state index is 15.1. The van der Waals surface area contributed by atoms with Crippen molar-refractivity contribution in [1.29, 1.82) is 5.26 Å². The monoisotopic (exact) mass is 440 g/mol. The average molecular weight is 441 g/mol. The summed E-state index contributed by atoms with van der Waals surface area (Å²) in [5.74, 6) is -0.175. The quantitative estimate of drug-likeness (QED) is 0.387. The minimum atomic E-state index is -0.679. The van der Waals surface area contributed by atoms with Gasteiger partial charge in [0.1, 0.15) is 5.75 Å². The lowest BCUT2D eigenvalue weighted by atomic mass is 10.1. The lowest BCUT2D eigenvalue weighted by Crippen LogP contribution is -1.98. The first-order chi connectivity index (χ1) is 14.5. The van der Waals surface area contributed by atoms with Crippen LogP contribution in [0.5, 0.6) is 11.5 Å². The Balaban J connectivity index is 1.61. The van der Waals surface area contributed by atoms with Crippen molar-refractivity contribution in [2.24, 2.45) is 0 Å². The molecule has 0 atom stereocenters. The van der Waals surface area contributed by atoms with Gasteiger partial charge < -0.3 is 9.15 Å². The molecule has 0 unspecified atom stereocenters. The van der Waals surface area contributed by atoms with Gasteiger partial charge in [-0.15, -0.1) is 10.2 Å². The lowest BCUT2D eigenvalue weighted by molar-refractivity contribution is 0.437. The summed E-state index contributed by atoms with van der Waals surface area (Å²) in [7, 11) is 0. The number of nitriles is 1. The van der Waals surface area contributed by atoms with Crippen LogP contribution in [0.25, 0.3) is 11.5 Å². The minimum Gasteiger partial charge on any atom is -0.453 e. The van der Waals surface area contributed by atoms with Crippen molar-refractivity contribution in [2.75, 3.05) is 0 Å². The maximum Gasteiger partial charge on any atom is 0.249 e. The Hall–Kier alpha value is -3.47. The number of ether oxygens (including phenoxy) is 1. The number of hydrogen-bond donors (Lipinski definition) is 0. The molecule has 0 saturated heterocycles. The second-order valence-electron chi connectivity index (χ2n) is 6.16. The third-order valence-electron chi connectivity index (χ3n) is 4.07. The number of halogens is 3. The van der Waals surface area contributed by atoms with Gasteiger partial charge in [0.2, 0.25) is 11.8 Å². The molecule has 0 bridgehead atoms. The third-order valence-corrected chi connectivity index (χ3v) is 4.58. The number of nitrogens with zero attached hydrogens (tertiary/aromatic N) is 4. The predicted octanol–water partition coefficient (Wildman–Crippen LogP) is 5.83. The van der Waals surface area contributed by atoms with Crippen molar-refractivity contribution in [3.63, 3.8) is 0 Å². The number of hydrogen-bond acceptors (Lipinski definition) is 6. The van der Waals surface area contributed by atoms with Crippen LogP contribution in [0.3, 0.4) is 0 Å². The van der Waals surface area contributed by atoms with Crippen molar-refractivity contribution < 1.29 is 13.5 Å². The van der Waals surface area contributed by atoms with Gasteiger partial charge in [-0.1, -0.05) is 29.3 Å². The molecule has 2 aromatic heterocycles. The highest BCUT2D eigenvalue weighted by Crippen LogP contribution is 2.36. The van der Waals surface area contributed by atoms with Gasteiger partial charge in [-0.2, -0.15) is 5.26 Å². The van der Waals surface area contributed by atoms with E-state index in [0.717, 1.165) is 0 Å². The molecular weight excluding hydrogens is 430 g/mol. The van der Waals surface area contributed by atoms with Gasteiger partial charge in [-0.05, 0) is 36.4 Å². The molecule has 6 nitrogen and oxygen atoms in total. The maximum atomic E-state index is 15.1. The van der Waals surface area contributed by atoms with Gasteiger partial charge in [-0.25, -0.2) is 4.39 Å². The molecule has 2 aromatic carbocycles. The summed E-state index contributed by atoms with van der Waals surface area (Å²) in [5, 5.41) is 17.3. The van der Waals surface area contributed by atoms with Crippen LogP contribution in [0.2, 0.25) is 10.0 Å². The average Bonchev–Trinajstić information content (AvgIpc) is 3.22. The van der Waals surface area contributed by atoms with Gasteiger partial charge >= 0.3 is 0 Å². The molecule has 0 spiro atoms. The van der Waals surface area contributed by atoms with E-state index in [0.29, 0.717) is 5.56 Å². The molecule has 0 saturated carbocycles. The SMILES string of the molecule is N#Cc1cc(Cl)cc(Oc2c(Cl)ccc(Cc3nnc(-c4cccnc4)o3)c2F)c1. The van der Waals surface area contributed by atoms with E-state index in [1.807, 2.05) is 6.07 Å². The third kappa shape index (κ3) is 4.25. The topological polar surface area (TPSA) is 84.8 Å². The van der Waals surface area contributed by atoms with E-state index >= 15 is 4.39 Å². The molecule has 2 heterocycles. The Bertz CT molecular complexity index is 1260. The van der Waals surface area contributed by atoms with Crippen molar-refractivity contribution in [2.45, 2.75) is 6.42 Å². The van der Waals surface area contributed by atoms with E-state index in [4.69, 9.17) is 37.6 Å². The van der Waals surface area contributed by atoms with E-state index in [1.54, 1.807) is 24.5 Å². The summed E-state index contributed by atoms with van der Waals surface area (Å²) in [4.78, 5) is 4.00. The molecule has 0 N–H and O–H groups in total. The van der Waals surface area contributed by atoms with Gasteiger partial charge in [0.25, 0.3) is 0 Å². The van der Waals surface area contributed by atoms with Crippen LogP contribution in [0.4, 0.5) is 4.39 Å². The Morgan fingerprint density at radius 1 is 1.13 bits per heavy atom. The Morgan fingerprint density at radius 3 is 2.77 bits per heavy atom. The van der Waals surface area contributed by atoms with Gasteiger partial charge in [-0.3, -0.25) is 4.98 Å². The van der Waals surface area contributed by atoms with Crippen molar-refractivity contribution >= 4 is 23.2 Å². The molecular formula is C21H11Cl2FN4O2.